The highest BCUT2D eigenvalue weighted by atomic mass is 19.1. The topological polar surface area (TPSA) is 125 Å². The molecule has 1 atom stereocenters. The first-order valence-corrected chi connectivity index (χ1v) is 11.6. The van der Waals surface area contributed by atoms with Crippen molar-refractivity contribution >= 4 is 17.7 Å². The largest absolute Gasteiger partial charge is 0.481 e. The second-order valence-corrected chi connectivity index (χ2v) is 8.42. The Morgan fingerprint density at radius 1 is 1.14 bits per heavy atom. The number of halogens is 2. The minimum atomic E-state index is -1.37. The maximum atomic E-state index is 15.0. The number of rotatable bonds is 8. The van der Waals surface area contributed by atoms with E-state index < -0.39 is 29.6 Å². The molecule has 0 saturated heterocycles. The zero-order chi connectivity index (χ0) is 26.0. The fourth-order valence-corrected chi connectivity index (χ4v) is 4.07. The number of aliphatic carboxylic acids is 1. The zero-order valence-corrected chi connectivity index (χ0v) is 20.1. The summed E-state index contributed by atoms with van der Waals surface area (Å²) in [6.07, 6.45) is 3.76. The van der Waals surface area contributed by atoms with Crippen LogP contribution in [-0.4, -0.2) is 29.4 Å². The van der Waals surface area contributed by atoms with Crippen molar-refractivity contribution in [1.82, 2.24) is 5.32 Å². The summed E-state index contributed by atoms with van der Waals surface area (Å²) in [5.74, 6) is -2.83. The Labute approximate surface area is 204 Å². The van der Waals surface area contributed by atoms with Crippen molar-refractivity contribution in [2.24, 2.45) is 5.73 Å². The molecule has 1 aliphatic rings. The van der Waals surface area contributed by atoms with Gasteiger partial charge < -0.3 is 20.9 Å². The van der Waals surface area contributed by atoms with Gasteiger partial charge in [0.2, 0.25) is 0 Å². The zero-order valence-electron chi connectivity index (χ0n) is 20.1. The van der Waals surface area contributed by atoms with Crippen LogP contribution in [0.15, 0.2) is 36.4 Å². The summed E-state index contributed by atoms with van der Waals surface area (Å²) in [6.45, 7) is 3.05. The molecular formula is C26H33F2N3O4. The highest BCUT2D eigenvalue weighted by Crippen LogP contribution is 2.35. The van der Waals surface area contributed by atoms with Crippen molar-refractivity contribution in [2.45, 2.75) is 64.5 Å². The lowest BCUT2D eigenvalue weighted by atomic mass is 9.83. The Bertz CT molecular complexity index is 995. The Kier molecular flexibility index (Phi) is 10.8. The number of carbonyl (C=O) groups excluding carboxylic acids is 1. The van der Waals surface area contributed by atoms with Crippen LogP contribution in [-0.2, 0) is 20.9 Å². The summed E-state index contributed by atoms with van der Waals surface area (Å²) < 4.78 is 35.3. The van der Waals surface area contributed by atoms with E-state index in [0.29, 0.717) is 11.1 Å². The maximum Gasteiger partial charge on any atom is 0.300 e. The van der Waals surface area contributed by atoms with Gasteiger partial charge in [-0.1, -0.05) is 43.5 Å². The van der Waals surface area contributed by atoms with E-state index in [1.54, 1.807) is 31.2 Å². The van der Waals surface area contributed by atoms with E-state index in [2.05, 4.69) is 5.32 Å². The van der Waals surface area contributed by atoms with Crippen LogP contribution in [0.1, 0.15) is 80.2 Å². The fourth-order valence-electron chi connectivity index (χ4n) is 4.07. The smallest absolute Gasteiger partial charge is 0.300 e. The van der Waals surface area contributed by atoms with Crippen molar-refractivity contribution in [3.8, 4) is 0 Å². The minimum Gasteiger partial charge on any atom is -0.481 e. The minimum absolute atomic E-state index is 0.0466. The number of ether oxygens (including phenoxy) is 1. The van der Waals surface area contributed by atoms with Gasteiger partial charge in [-0.2, -0.15) is 0 Å². The number of hydrogen-bond acceptors (Lipinski definition) is 4. The second-order valence-electron chi connectivity index (χ2n) is 8.42. The lowest BCUT2D eigenvalue weighted by molar-refractivity contribution is -0.134. The molecule has 9 heteroatoms. The van der Waals surface area contributed by atoms with Crippen LogP contribution in [0.4, 0.5) is 8.78 Å². The predicted molar refractivity (Wildman–Crippen MR) is 129 cm³/mol. The molecule has 0 heterocycles. The number of carboxylic acid groups (broad SMARTS) is 1. The first-order valence-electron chi connectivity index (χ1n) is 11.6. The molecule has 1 aliphatic carbocycles. The van der Waals surface area contributed by atoms with Crippen LogP contribution >= 0.6 is 0 Å². The van der Waals surface area contributed by atoms with Crippen molar-refractivity contribution in [2.75, 3.05) is 6.61 Å². The summed E-state index contributed by atoms with van der Waals surface area (Å²) in [6, 6.07) is 9.52. The SMILES string of the molecule is CC(=O)O.CCOC(C(=O)NCc1ccc(C(=N)N)cc1)c1c(F)cc(C2CCCCC2)cc1F. The summed E-state index contributed by atoms with van der Waals surface area (Å²) in [5, 5.41) is 17.5. The molecule has 0 aliphatic heterocycles. The Hall–Kier alpha value is -3.33. The molecule has 1 fully saturated rings. The number of hydrogen-bond donors (Lipinski definition) is 4. The van der Waals surface area contributed by atoms with E-state index in [1.807, 2.05) is 0 Å². The van der Waals surface area contributed by atoms with Crippen molar-refractivity contribution in [1.29, 1.82) is 5.41 Å². The molecule has 3 rings (SSSR count). The number of carboxylic acids is 1. The molecule has 190 valence electrons. The van der Waals surface area contributed by atoms with E-state index in [1.165, 1.54) is 12.1 Å². The third kappa shape index (κ3) is 8.43. The summed E-state index contributed by atoms with van der Waals surface area (Å²) >= 11 is 0. The standard InChI is InChI=1S/C24H29F2N3O2.C2H4O2/c1-2-31-22(24(30)29-14-15-8-10-17(11-9-15)23(27)28)21-19(25)12-18(13-20(21)26)16-6-4-3-5-7-16;1-2(3)4/h8-13,16,22H,2-7,14H2,1H3,(H3,27,28)(H,29,30);1H3,(H,3,4). The van der Waals surface area contributed by atoms with Gasteiger partial charge in [0.15, 0.2) is 6.10 Å². The molecule has 0 bridgehead atoms. The van der Waals surface area contributed by atoms with E-state index >= 15 is 0 Å². The number of nitrogens with two attached hydrogens (primary N) is 1. The quantitative estimate of drug-likeness (QED) is 0.314. The summed E-state index contributed by atoms with van der Waals surface area (Å²) in [5.41, 5.74) is 7.07. The van der Waals surface area contributed by atoms with Gasteiger partial charge in [-0.25, -0.2) is 8.78 Å². The predicted octanol–water partition coefficient (Wildman–Crippen LogP) is 4.78. The average molecular weight is 490 g/mol. The van der Waals surface area contributed by atoms with Crippen molar-refractivity contribution in [3.05, 3.63) is 70.3 Å². The van der Waals surface area contributed by atoms with E-state index in [4.69, 9.17) is 25.8 Å². The van der Waals surface area contributed by atoms with Crippen LogP contribution in [0.25, 0.3) is 0 Å². The first-order chi connectivity index (χ1) is 16.6. The van der Waals surface area contributed by atoms with E-state index in [-0.39, 0.29) is 30.5 Å². The van der Waals surface area contributed by atoms with E-state index in [9.17, 15) is 13.6 Å². The Morgan fingerprint density at radius 2 is 1.69 bits per heavy atom. The summed E-state index contributed by atoms with van der Waals surface area (Å²) in [7, 11) is 0. The van der Waals surface area contributed by atoms with Gasteiger partial charge in [0.25, 0.3) is 11.9 Å². The molecule has 5 N–H and O–H groups in total. The molecular weight excluding hydrogens is 456 g/mol. The number of amides is 1. The van der Waals surface area contributed by atoms with Crippen molar-refractivity contribution in [3.63, 3.8) is 0 Å². The van der Waals surface area contributed by atoms with Gasteiger partial charge in [-0.15, -0.1) is 0 Å². The molecule has 2 aromatic rings. The van der Waals surface area contributed by atoms with Gasteiger partial charge in [0.1, 0.15) is 17.5 Å². The molecule has 2 aromatic carbocycles. The van der Waals surface area contributed by atoms with Crippen molar-refractivity contribution < 1.29 is 28.2 Å². The molecule has 0 spiro atoms. The van der Waals surface area contributed by atoms with Crippen LogP contribution in [0.3, 0.4) is 0 Å². The van der Waals surface area contributed by atoms with Gasteiger partial charge in [-0.3, -0.25) is 15.0 Å². The lowest BCUT2D eigenvalue weighted by Crippen LogP contribution is -2.32. The highest BCUT2D eigenvalue weighted by Gasteiger charge is 2.29. The van der Waals surface area contributed by atoms with E-state index in [0.717, 1.165) is 44.6 Å². The summed E-state index contributed by atoms with van der Waals surface area (Å²) in [4.78, 5) is 21.7. The fraction of sp³-hybridized carbons (Fsp3) is 0.423. The number of benzene rings is 2. The van der Waals surface area contributed by atoms with Crippen LogP contribution < -0.4 is 11.1 Å². The average Bonchev–Trinajstić information content (AvgIpc) is 2.82. The lowest BCUT2D eigenvalue weighted by Gasteiger charge is -2.24. The molecule has 1 saturated carbocycles. The second kappa shape index (κ2) is 13.5. The maximum absolute atomic E-state index is 15.0. The number of nitrogens with one attached hydrogen (secondary N) is 2. The molecule has 35 heavy (non-hydrogen) atoms. The highest BCUT2D eigenvalue weighted by molar-refractivity contribution is 5.94. The van der Waals surface area contributed by atoms with Gasteiger partial charge in [0, 0.05) is 25.6 Å². The van der Waals surface area contributed by atoms with Gasteiger partial charge in [-0.05, 0) is 48.9 Å². The number of nitrogen functional groups attached to an aromatic ring is 1. The molecule has 0 aromatic heterocycles. The van der Waals surface area contributed by atoms with Crippen LogP contribution in [0.2, 0.25) is 0 Å². The third-order valence-electron chi connectivity index (χ3n) is 5.74. The molecule has 7 nitrogen and oxygen atoms in total. The Balaban J connectivity index is 0.00000100. The van der Waals surface area contributed by atoms with Gasteiger partial charge in [0.05, 0.1) is 5.56 Å². The molecule has 1 amide bonds. The first kappa shape index (κ1) is 27.9. The molecule has 1 unspecified atom stereocenters. The molecule has 0 radical (unpaired) electrons. The number of carbonyl (C=O) groups is 2. The Morgan fingerprint density at radius 3 is 2.17 bits per heavy atom. The van der Waals surface area contributed by atoms with Crippen LogP contribution in [0.5, 0.6) is 0 Å². The van der Waals surface area contributed by atoms with Crippen LogP contribution in [0, 0.1) is 17.0 Å². The number of amidine groups is 1. The van der Waals surface area contributed by atoms with Gasteiger partial charge >= 0.3 is 0 Å². The monoisotopic (exact) mass is 489 g/mol. The third-order valence-corrected chi connectivity index (χ3v) is 5.74. The normalized spacial score (nSPS) is 14.4.